The second kappa shape index (κ2) is 13.4. The number of hydrogen-bond donors (Lipinski definition) is 3. The van der Waals surface area contributed by atoms with Gasteiger partial charge in [-0.3, -0.25) is 9.59 Å². The number of aliphatic hydroxyl groups excluding tert-OH is 1. The van der Waals surface area contributed by atoms with Gasteiger partial charge < -0.3 is 25.2 Å². The number of carbonyl (C=O) groups excluding carboxylic acids is 2. The van der Waals surface area contributed by atoms with Gasteiger partial charge in [-0.25, -0.2) is 0 Å². The fourth-order valence-electron chi connectivity index (χ4n) is 5.48. The molecule has 7 nitrogen and oxygen atoms in total. The number of carbonyl (C=O) groups is 2. The summed E-state index contributed by atoms with van der Waals surface area (Å²) in [5, 5.41) is 14.2. The molecule has 0 saturated carbocycles. The minimum atomic E-state index is -0.383. The number of allylic oxidation sites excluding steroid dienone is 2. The van der Waals surface area contributed by atoms with Gasteiger partial charge in [-0.15, -0.1) is 0 Å². The molecule has 1 amide bonds. The molecular formula is C31H48N4O3. The van der Waals surface area contributed by atoms with Gasteiger partial charge in [-0.1, -0.05) is 32.4 Å². The lowest BCUT2D eigenvalue weighted by atomic mass is 9.95. The molecule has 0 spiro atoms. The Bertz CT molecular complexity index is 1130. The van der Waals surface area contributed by atoms with E-state index in [1.807, 2.05) is 37.3 Å². The second-order valence-electron chi connectivity index (χ2n) is 11.9. The molecule has 38 heavy (non-hydrogen) atoms. The van der Waals surface area contributed by atoms with E-state index in [9.17, 15) is 14.7 Å². The Morgan fingerprint density at radius 2 is 1.95 bits per heavy atom. The van der Waals surface area contributed by atoms with Crippen LogP contribution in [0, 0.1) is 11.8 Å². The van der Waals surface area contributed by atoms with Gasteiger partial charge in [-0.2, -0.15) is 0 Å². The van der Waals surface area contributed by atoms with Gasteiger partial charge in [0, 0.05) is 42.3 Å². The first-order valence-corrected chi connectivity index (χ1v) is 14.2. The molecule has 1 aliphatic rings. The predicted octanol–water partition coefficient (Wildman–Crippen LogP) is 4.94. The van der Waals surface area contributed by atoms with Crippen molar-refractivity contribution in [2.75, 3.05) is 38.7 Å². The quantitative estimate of drug-likeness (QED) is 0.270. The first-order valence-electron chi connectivity index (χ1n) is 14.2. The number of aromatic nitrogens is 1. The Kier molecular flexibility index (Phi) is 10.6. The number of nitrogens with zero attached hydrogens (tertiary/aromatic N) is 2. The van der Waals surface area contributed by atoms with Gasteiger partial charge in [0.05, 0.1) is 18.2 Å². The number of Topliss-reactive ketones (excluding diaryl/α,β-unsaturated/α-hetero) is 1. The molecule has 0 saturated heterocycles. The van der Waals surface area contributed by atoms with Crippen molar-refractivity contribution >= 4 is 28.3 Å². The zero-order chi connectivity index (χ0) is 28.0. The highest BCUT2D eigenvalue weighted by molar-refractivity contribution is 6.11. The number of amides is 1. The van der Waals surface area contributed by atoms with Crippen molar-refractivity contribution in [3.05, 3.63) is 41.1 Å². The Hall–Kier alpha value is -2.64. The van der Waals surface area contributed by atoms with E-state index in [4.69, 9.17) is 0 Å². The summed E-state index contributed by atoms with van der Waals surface area (Å²) in [5.74, 6) is 0.621. The molecule has 0 fully saturated rings. The number of nitrogens with one attached hydrogen (secondary N) is 2. The van der Waals surface area contributed by atoms with Crippen LogP contribution in [0.2, 0.25) is 0 Å². The standard InChI is InChI=1S/C31H48N4O3/c1-20(2)9-8-10-22(5)13-16-35-26-12-11-25(27(37)14-15-34(6)7)29-28(26)23(18-32-29)17-24(19-36)33-31(38)30(35)21(3)4/h9,11-12,18,21-22,24,30,32,36H,8,10,13-17,19H2,1-7H3,(H,33,38)/t22-,24-,30-/m0/s1. The van der Waals surface area contributed by atoms with Crippen LogP contribution in [0.5, 0.6) is 0 Å². The van der Waals surface area contributed by atoms with Gasteiger partial charge in [0.1, 0.15) is 6.04 Å². The van der Waals surface area contributed by atoms with Crippen molar-refractivity contribution in [2.24, 2.45) is 11.8 Å². The van der Waals surface area contributed by atoms with E-state index in [1.54, 1.807) is 0 Å². The SMILES string of the molecule is CC(C)=CCC[C@H](C)CCN1c2ccc(C(=O)CCN(C)C)c3[nH]cc(c23)C[C@@H](CO)NC(=O)[C@@H]1C(C)C. The number of benzene rings is 1. The van der Waals surface area contributed by atoms with Crippen molar-refractivity contribution in [3.8, 4) is 0 Å². The Balaban J connectivity index is 2.07. The third-order valence-corrected chi connectivity index (χ3v) is 7.63. The van der Waals surface area contributed by atoms with E-state index in [0.717, 1.165) is 48.0 Å². The monoisotopic (exact) mass is 524 g/mol. The first kappa shape index (κ1) is 29.9. The lowest BCUT2D eigenvalue weighted by Gasteiger charge is -2.36. The summed E-state index contributed by atoms with van der Waals surface area (Å²) in [6.45, 7) is 12.0. The zero-order valence-electron chi connectivity index (χ0n) is 24.4. The fourth-order valence-corrected chi connectivity index (χ4v) is 5.48. The van der Waals surface area contributed by atoms with Crippen LogP contribution < -0.4 is 10.2 Å². The van der Waals surface area contributed by atoms with Crippen LogP contribution in [0.4, 0.5) is 5.69 Å². The van der Waals surface area contributed by atoms with E-state index in [-0.39, 0.29) is 36.3 Å². The average molecular weight is 525 g/mol. The Morgan fingerprint density at radius 3 is 2.58 bits per heavy atom. The number of aromatic amines is 1. The van der Waals surface area contributed by atoms with Crippen LogP contribution >= 0.6 is 0 Å². The van der Waals surface area contributed by atoms with E-state index in [2.05, 4.69) is 55.9 Å². The fraction of sp³-hybridized carbons (Fsp3) is 0.613. The highest BCUT2D eigenvalue weighted by Gasteiger charge is 2.34. The third-order valence-electron chi connectivity index (χ3n) is 7.63. The van der Waals surface area contributed by atoms with Crippen LogP contribution in [-0.2, 0) is 11.2 Å². The van der Waals surface area contributed by atoms with Gasteiger partial charge >= 0.3 is 0 Å². The van der Waals surface area contributed by atoms with Crippen LogP contribution in [-0.4, -0.2) is 72.6 Å². The summed E-state index contributed by atoms with van der Waals surface area (Å²) >= 11 is 0. The predicted molar refractivity (Wildman–Crippen MR) is 157 cm³/mol. The van der Waals surface area contributed by atoms with Gasteiger partial charge in [0.15, 0.2) is 5.78 Å². The lowest BCUT2D eigenvalue weighted by Crippen LogP contribution is -2.53. The third kappa shape index (κ3) is 7.26. The maximum absolute atomic E-state index is 13.6. The van der Waals surface area contributed by atoms with E-state index < -0.39 is 0 Å². The summed E-state index contributed by atoms with van der Waals surface area (Å²) in [5.41, 5.74) is 4.87. The number of H-pyrrole nitrogens is 1. The molecule has 210 valence electrons. The largest absolute Gasteiger partial charge is 0.394 e. The minimum Gasteiger partial charge on any atom is -0.394 e. The summed E-state index contributed by atoms with van der Waals surface area (Å²) in [7, 11) is 3.94. The number of hydrogen-bond acceptors (Lipinski definition) is 5. The number of rotatable bonds is 12. The number of ketones is 1. The molecule has 0 bridgehead atoms. The molecule has 0 aliphatic carbocycles. The summed E-state index contributed by atoms with van der Waals surface area (Å²) < 4.78 is 0. The van der Waals surface area contributed by atoms with Crippen LogP contribution in [0.3, 0.4) is 0 Å². The summed E-state index contributed by atoms with van der Waals surface area (Å²) in [6.07, 6.45) is 8.31. The molecule has 0 radical (unpaired) electrons. The first-order chi connectivity index (χ1) is 18.0. The number of aliphatic hydroxyl groups is 1. The Labute approximate surface area is 228 Å². The normalized spacial score (nSPS) is 18.8. The van der Waals surface area contributed by atoms with Crippen molar-refractivity contribution < 1.29 is 14.7 Å². The maximum Gasteiger partial charge on any atom is 0.243 e. The van der Waals surface area contributed by atoms with Gasteiger partial charge in [0.2, 0.25) is 5.91 Å². The van der Waals surface area contributed by atoms with E-state index >= 15 is 0 Å². The van der Waals surface area contributed by atoms with Crippen LogP contribution in [0.1, 0.15) is 76.2 Å². The molecule has 3 rings (SSSR count). The summed E-state index contributed by atoms with van der Waals surface area (Å²) in [6, 6.07) is 3.20. The van der Waals surface area contributed by atoms with Gasteiger partial charge in [-0.05, 0) is 83.2 Å². The van der Waals surface area contributed by atoms with Crippen molar-refractivity contribution in [3.63, 3.8) is 0 Å². The van der Waals surface area contributed by atoms with Crippen molar-refractivity contribution in [2.45, 2.75) is 78.8 Å². The van der Waals surface area contributed by atoms with Crippen LogP contribution in [0.25, 0.3) is 10.9 Å². The lowest BCUT2D eigenvalue weighted by molar-refractivity contribution is -0.124. The van der Waals surface area contributed by atoms with E-state index in [1.165, 1.54) is 5.57 Å². The molecule has 3 N–H and O–H groups in total. The van der Waals surface area contributed by atoms with Crippen LogP contribution in [0.15, 0.2) is 30.0 Å². The molecule has 2 heterocycles. The molecule has 1 aliphatic heterocycles. The topological polar surface area (TPSA) is 88.7 Å². The highest BCUT2D eigenvalue weighted by atomic mass is 16.3. The molecule has 3 atom stereocenters. The summed E-state index contributed by atoms with van der Waals surface area (Å²) in [4.78, 5) is 34.5. The zero-order valence-corrected chi connectivity index (χ0v) is 24.4. The maximum atomic E-state index is 13.6. The number of anilines is 1. The molecule has 1 aromatic heterocycles. The molecule has 2 aromatic rings. The van der Waals surface area contributed by atoms with Crippen molar-refractivity contribution in [1.82, 2.24) is 15.2 Å². The molecule has 7 heteroatoms. The van der Waals surface area contributed by atoms with E-state index in [0.29, 0.717) is 30.9 Å². The smallest absolute Gasteiger partial charge is 0.243 e. The highest BCUT2D eigenvalue weighted by Crippen LogP contribution is 2.37. The second-order valence-corrected chi connectivity index (χ2v) is 11.9. The van der Waals surface area contributed by atoms with Crippen molar-refractivity contribution in [1.29, 1.82) is 0 Å². The molecular weight excluding hydrogens is 476 g/mol. The van der Waals surface area contributed by atoms with Gasteiger partial charge in [0.25, 0.3) is 0 Å². The molecule has 0 unspecified atom stereocenters. The molecule has 1 aromatic carbocycles. The minimum absolute atomic E-state index is 0.0512. The Morgan fingerprint density at radius 1 is 1.21 bits per heavy atom. The average Bonchev–Trinajstić information content (AvgIpc) is 3.28.